The van der Waals surface area contributed by atoms with Gasteiger partial charge in [-0.05, 0) is 31.7 Å². The van der Waals surface area contributed by atoms with E-state index in [-0.39, 0.29) is 29.0 Å². The smallest absolute Gasteiger partial charge is 0.277 e. The first kappa shape index (κ1) is 18.1. The molecule has 6 nitrogen and oxygen atoms in total. The Morgan fingerprint density at radius 3 is 2.80 bits per heavy atom. The molecule has 1 unspecified atom stereocenters. The van der Waals surface area contributed by atoms with Crippen LogP contribution in [0, 0.1) is 19.8 Å². The Hall–Kier alpha value is -1.67. The highest BCUT2D eigenvalue weighted by molar-refractivity contribution is 7.99. The molecule has 0 spiro atoms. The van der Waals surface area contributed by atoms with Crippen LogP contribution in [0.2, 0.25) is 0 Å². The number of nitrogens with zero attached hydrogens (tertiary/aromatic N) is 2. The first-order chi connectivity index (χ1) is 11.8. The van der Waals surface area contributed by atoms with Gasteiger partial charge in [0.05, 0.1) is 17.3 Å². The van der Waals surface area contributed by atoms with E-state index in [4.69, 9.17) is 4.42 Å². The zero-order valence-corrected chi connectivity index (χ0v) is 15.8. The van der Waals surface area contributed by atoms with Gasteiger partial charge in [-0.3, -0.25) is 4.79 Å². The zero-order valence-electron chi connectivity index (χ0n) is 14.2. The number of Topliss-reactive ketones (excluding diaryl/α,β-unsaturated/α-hetero) is 1. The predicted octanol–water partition coefficient (Wildman–Crippen LogP) is 2.64. The van der Waals surface area contributed by atoms with Crippen LogP contribution in [-0.4, -0.2) is 41.7 Å². The third-order valence-electron chi connectivity index (χ3n) is 4.25. The van der Waals surface area contributed by atoms with Crippen LogP contribution in [0.1, 0.15) is 33.8 Å². The van der Waals surface area contributed by atoms with Gasteiger partial charge in [0.25, 0.3) is 5.22 Å². The van der Waals surface area contributed by atoms with Crippen molar-refractivity contribution in [3.05, 3.63) is 40.8 Å². The first-order valence-corrected chi connectivity index (χ1v) is 10.9. The van der Waals surface area contributed by atoms with Gasteiger partial charge in [-0.1, -0.05) is 35.5 Å². The van der Waals surface area contributed by atoms with Crippen molar-refractivity contribution in [1.29, 1.82) is 0 Å². The molecule has 2 aromatic rings. The van der Waals surface area contributed by atoms with E-state index in [0.717, 1.165) is 11.1 Å². The van der Waals surface area contributed by atoms with Gasteiger partial charge < -0.3 is 4.42 Å². The number of aromatic nitrogens is 2. The van der Waals surface area contributed by atoms with Crippen molar-refractivity contribution in [2.45, 2.75) is 31.9 Å². The van der Waals surface area contributed by atoms with Crippen molar-refractivity contribution < 1.29 is 17.6 Å². The van der Waals surface area contributed by atoms with E-state index in [2.05, 4.69) is 10.2 Å². The van der Waals surface area contributed by atoms with E-state index in [1.165, 1.54) is 11.8 Å². The van der Waals surface area contributed by atoms with Crippen LogP contribution in [0.15, 0.2) is 27.8 Å². The molecule has 0 aliphatic carbocycles. The van der Waals surface area contributed by atoms with Gasteiger partial charge in [-0.2, -0.15) is 0 Å². The number of thioether (sulfide) groups is 1. The molecule has 0 N–H and O–H groups in total. The fourth-order valence-corrected chi connectivity index (χ4v) is 5.52. The van der Waals surface area contributed by atoms with Crippen LogP contribution in [-0.2, 0) is 16.3 Å². The molecule has 1 aromatic carbocycles. The highest BCUT2D eigenvalue weighted by Crippen LogP contribution is 2.24. The summed E-state index contributed by atoms with van der Waals surface area (Å²) in [6.45, 7) is 3.91. The molecule has 134 valence electrons. The van der Waals surface area contributed by atoms with Crippen LogP contribution in [0.5, 0.6) is 0 Å². The molecule has 2 heterocycles. The summed E-state index contributed by atoms with van der Waals surface area (Å²) in [5, 5.41) is 8.25. The molecule has 0 bridgehead atoms. The summed E-state index contributed by atoms with van der Waals surface area (Å²) in [5.74, 6) is 1.14. The van der Waals surface area contributed by atoms with Crippen LogP contribution >= 0.6 is 11.8 Å². The molecule has 0 radical (unpaired) electrons. The summed E-state index contributed by atoms with van der Waals surface area (Å²) in [6, 6.07) is 5.75. The van der Waals surface area contributed by atoms with E-state index >= 15 is 0 Å². The number of benzene rings is 1. The fourth-order valence-electron chi connectivity index (χ4n) is 2.99. The molecular formula is C17H20N2O4S2. The average molecular weight is 380 g/mol. The van der Waals surface area contributed by atoms with Gasteiger partial charge in [0, 0.05) is 12.0 Å². The summed E-state index contributed by atoms with van der Waals surface area (Å²) in [7, 11) is -2.91. The Bertz CT molecular complexity index is 890. The summed E-state index contributed by atoms with van der Waals surface area (Å²) < 4.78 is 28.5. The van der Waals surface area contributed by atoms with Gasteiger partial charge in [-0.15, -0.1) is 10.2 Å². The van der Waals surface area contributed by atoms with Gasteiger partial charge in [0.2, 0.25) is 5.89 Å². The van der Waals surface area contributed by atoms with Crippen LogP contribution in [0.25, 0.3) is 0 Å². The Balaban J connectivity index is 1.56. The SMILES string of the molecule is Cc1ccc(C(=O)CSc2nnc(CC3CCS(=O)(=O)C3)o2)c(C)c1. The summed E-state index contributed by atoms with van der Waals surface area (Å²) in [6.07, 6.45) is 1.11. The summed E-state index contributed by atoms with van der Waals surface area (Å²) in [4.78, 5) is 12.3. The highest BCUT2D eigenvalue weighted by Gasteiger charge is 2.29. The quantitative estimate of drug-likeness (QED) is 0.562. The lowest BCUT2D eigenvalue weighted by Crippen LogP contribution is -2.07. The minimum absolute atomic E-state index is 0.0177. The Kier molecular flexibility index (Phi) is 5.29. The standard InChI is InChI=1S/C17H20N2O4S2/c1-11-3-4-14(12(2)7-11)15(20)9-24-17-19-18-16(23-17)8-13-5-6-25(21,22)10-13/h3-4,7,13H,5-6,8-10H2,1-2H3. The number of hydrogen-bond donors (Lipinski definition) is 0. The highest BCUT2D eigenvalue weighted by atomic mass is 32.2. The van der Waals surface area contributed by atoms with Crippen molar-refractivity contribution in [2.24, 2.45) is 5.92 Å². The monoisotopic (exact) mass is 380 g/mol. The Morgan fingerprint density at radius 2 is 2.12 bits per heavy atom. The molecule has 1 atom stereocenters. The minimum Gasteiger partial charge on any atom is -0.416 e. The number of carbonyl (C=O) groups is 1. The number of aryl methyl sites for hydroxylation is 2. The summed E-state index contributed by atoms with van der Waals surface area (Å²) >= 11 is 1.21. The fraction of sp³-hybridized carbons (Fsp3) is 0.471. The minimum atomic E-state index is -2.91. The van der Waals surface area contributed by atoms with Crippen molar-refractivity contribution >= 4 is 27.4 Å². The molecule has 1 aliphatic rings. The largest absolute Gasteiger partial charge is 0.416 e. The van der Waals surface area contributed by atoms with Gasteiger partial charge in [0.1, 0.15) is 0 Å². The maximum Gasteiger partial charge on any atom is 0.277 e. The molecule has 25 heavy (non-hydrogen) atoms. The summed E-state index contributed by atoms with van der Waals surface area (Å²) in [5.41, 5.74) is 2.78. The van der Waals surface area contributed by atoms with E-state index < -0.39 is 9.84 Å². The molecule has 8 heteroatoms. The van der Waals surface area contributed by atoms with Gasteiger partial charge in [0.15, 0.2) is 15.6 Å². The maximum absolute atomic E-state index is 12.3. The van der Waals surface area contributed by atoms with Crippen molar-refractivity contribution in [3.8, 4) is 0 Å². The third kappa shape index (κ3) is 4.70. The Morgan fingerprint density at radius 1 is 1.32 bits per heavy atom. The first-order valence-electron chi connectivity index (χ1n) is 8.08. The lowest BCUT2D eigenvalue weighted by Gasteiger charge is -2.04. The van der Waals surface area contributed by atoms with Crippen LogP contribution < -0.4 is 0 Å². The van der Waals surface area contributed by atoms with Crippen molar-refractivity contribution in [1.82, 2.24) is 10.2 Å². The lowest BCUT2D eigenvalue weighted by atomic mass is 10.0. The van der Waals surface area contributed by atoms with E-state index in [0.29, 0.717) is 29.5 Å². The third-order valence-corrected chi connectivity index (χ3v) is 6.90. The molecule has 1 fully saturated rings. The second kappa shape index (κ2) is 7.29. The van der Waals surface area contributed by atoms with Gasteiger partial charge >= 0.3 is 0 Å². The number of rotatable bonds is 6. The van der Waals surface area contributed by atoms with Gasteiger partial charge in [-0.25, -0.2) is 8.42 Å². The predicted molar refractivity (Wildman–Crippen MR) is 95.7 cm³/mol. The molecule has 0 amide bonds. The number of sulfone groups is 1. The topological polar surface area (TPSA) is 90.1 Å². The van der Waals surface area contributed by atoms with Crippen LogP contribution in [0.4, 0.5) is 0 Å². The molecule has 1 aliphatic heterocycles. The van der Waals surface area contributed by atoms with Crippen molar-refractivity contribution in [2.75, 3.05) is 17.3 Å². The molecule has 1 saturated heterocycles. The van der Waals surface area contributed by atoms with E-state index in [9.17, 15) is 13.2 Å². The van der Waals surface area contributed by atoms with E-state index in [1.54, 1.807) is 0 Å². The van der Waals surface area contributed by atoms with Crippen molar-refractivity contribution in [3.63, 3.8) is 0 Å². The number of ketones is 1. The second-order valence-corrected chi connectivity index (χ2v) is 9.62. The van der Waals surface area contributed by atoms with Crippen LogP contribution in [0.3, 0.4) is 0 Å². The van der Waals surface area contributed by atoms with E-state index in [1.807, 2.05) is 32.0 Å². The second-order valence-electron chi connectivity index (χ2n) is 6.47. The lowest BCUT2D eigenvalue weighted by molar-refractivity contribution is 0.102. The molecular weight excluding hydrogens is 360 g/mol. The molecule has 3 rings (SSSR count). The maximum atomic E-state index is 12.3. The normalized spacial score (nSPS) is 19.2. The average Bonchev–Trinajstić information content (AvgIpc) is 3.11. The molecule has 0 saturated carbocycles. The molecule has 1 aromatic heterocycles. The Labute approximate surface area is 151 Å². The number of hydrogen-bond acceptors (Lipinski definition) is 7. The zero-order chi connectivity index (χ0) is 18.0. The number of carbonyl (C=O) groups excluding carboxylic acids is 1.